The molecule has 3 heterocycles. The number of rotatable bonds is 3. The third-order valence-electron chi connectivity index (χ3n) is 3.46. The molecule has 0 bridgehead atoms. The number of β-amino-alcohol motifs (C(OH)–C–C–N with tert-alkyl or cyclic N) is 1. The van der Waals surface area contributed by atoms with Gasteiger partial charge < -0.3 is 10.8 Å². The van der Waals surface area contributed by atoms with Crippen LogP contribution in [0.15, 0.2) is 29.4 Å². The Morgan fingerprint density at radius 1 is 1.43 bits per heavy atom. The molecule has 21 heavy (non-hydrogen) atoms. The second kappa shape index (κ2) is 4.79. The van der Waals surface area contributed by atoms with E-state index in [0.717, 1.165) is 4.31 Å². The van der Waals surface area contributed by atoms with Gasteiger partial charge in [-0.3, -0.25) is 4.79 Å². The summed E-state index contributed by atoms with van der Waals surface area (Å²) in [4.78, 5) is 11.7. The van der Waals surface area contributed by atoms with Gasteiger partial charge in [0.2, 0.25) is 5.03 Å². The number of primary amides is 1. The first-order chi connectivity index (χ1) is 9.91. The second-order valence-electron chi connectivity index (χ2n) is 4.88. The van der Waals surface area contributed by atoms with Crippen LogP contribution in [0.5, 0.6) is 0 Å². The molecule has 1 saturated heterocycles. The number of hydrogen-bond acceptors (Lipinski definition) is 5. The minimum atomic E-state index is -3.97. The number of nitrogens with zero attached hydrogens (tertiary/aromatic N) is 3. The number of hydrogen-bond donors (Lipinski definition) is 2. The van der Waals surface area contributed by atoms with Crippen molar-refractivity contribution in [3.63, 3.8) is 0 Å². The largest absolute Gasteiger partial charge is 0.392 e. The first-order valence-corrected chi connectivity index (χ1v) is 7.80. The van der Waals surface area contributed by atoms with Crippen LogP contribution in [0.4, 0.5) is 0 Å². The molecule has 0 unspecified atom stereocenters. The molecule has 1 aliphatic heterocycles. The minimum Gasteiger partial charge on any atom is -0.392 e. The van der Waals surface area contributed by atoms with Crippen molar-refractivity contribution in [2.75, 3.05) is 13.1 Å². The van der Waals surface area contributed by atoms with Crippen molar-refractivity contribution < 1.29 is 18.3 Å². The standard InChI is InChI=1S/C12H14N4O4S/c13-11(18)10-9-3-1-2-5-16(9)14-12(10)21(19,20)15-6-4-8(17)7-15/h1-3,5,8,17H,4,6-7H2,(H2,13,18)/t8-/m0/s1. The molecule has 3 N–H and O–H groups in total. The molecule has 0 saturated carbocycles. The Labute approximate surface area is 120 Å². The normalized spacial score (nSPS) is 20.1. The van der Waals surface area contributed by atoms with E-state index in [4.69, 9.17) is 5.73 Å². The van der Waals surface area contributed by atoms with Crippen LogP contribution in [0.3, 0.4) is 0 Å². The van der Waals surface area contributed by atoms with Gasteiger partial charge in [0.25, 0.3) is 15.9 Å². The molecular weight excluding hydrogens is 296 g/mol. The molecule has 0 aromatic carbocycles. The molecule has 0 aliphatic carbocycles. The fraction of sp³-hybridized carbons (Fsp3) is 0.333. The van der Waals surface area contributed by atoms with E-state index in [1.165, 1.54) is 4.52 Å². The Kier molecular flexibility index (Phi) is 3.19. The number of carbonyl (C=O) groups is 1. The van der Waals surface area contributed by atoms with Crippen LogP contribution >= 0.6 is 0 Å². The Morgan fingerprint density at radius 2 is 2.19 bits per heavy atom. The summed E-state index contributed by atoms with van der Waals surface area (Å²) < 4.78 is 27.6. The average Bonchev–Trinajstić information content (AvgIpc) is 3.02. The maximum Gasteiger partial charge on any atom is 0.263 e. The van der Waals surface area contributed by atoms with Crippen molar-refractivity contribution in [1.82, 2.24) is 13.9 Å². The topological polar surface area (TPSA) is 118 Å². The predicted molar refractivity (Wildman–Crippen MR) is 73.1 cm³/mol. The number of aromatic nitrogens is 2. The van der Waals surface area contributed by atoms with Crippen LogP contribution in [0.1, 0.15) is 16.8 Å². The third-order valence-corrected chi connectivity index (χ3v) is 5.25. The van der Waals surface area contributed by atoms with Gasteiger partial charge in [0, 0.05) is 19.3 Å². The van der Waals surface area contributed by atoms with E-state index in [0.29, 0.717) is 11.9 Å². The number of sulfonamides is 1. The fourth-order valence-corrected chi connectivity index (χ4v) is 4.05. The van der Waals surface area contributed by atoms with Crippen molar-refractivity contribution >= 4 is 21.4 Å². The summed E-state index contributed by atoms with van der Waals surface area (Å²) >= 11 is 0. The molecule has 1 atom stereocenters. The predicted octanol–water partition coefficient (Wildman–Crippen LogP) is -0.811. The summed E-state index contributed by atoms with van der Waals surface area (Å²) in [6.07, 6.45) is 1.20. The Morgan fingerprint density at radius 3 is 2.81 bits per heavy atom. The number of carbonyl (C=O) groups excluding carboxylic acids is 1. The first kappa shape index (κ1) is 14.0. The summed E-state index contributed by atoms with van der Waals surface area (Å²) in [6, 6.07) is 4.91. The van der Waals surface area contributed by atoms with Gasteiger partial charge in [0.15, 0.2) is 0 Å². The van der Waals surface area contributed by atoms with E-state index in [1.54, 1.807) is 24.4 Å². The van der Waals surface area contributed by atoms with Gasteiger partial charge in [-0.2, -0.15) is 9.40 Å². The van der Waals surface area contributed by atoms with Gasteiger partial charge in [-0.1, -0.05) is 6.07 Å². The van der Waals surface area contributed by atoms with Crippen LogP contribution < -0.4 is 5.73 Å². The number of pyridine rings is 1. The molecule has 0 radical (unpaired) electrons. The lowest BCUT2D eigenvalue weighted by atomic mass is 10.2. The van der Waals surface area contributed by atoms with Gasteiger partial charge in [-0.25, -0.2) is 12.9 Å². The zero-order valence-corrected chi connectivity index (χ0v) is 11.8. The first-order valence-electron chi connectivity index (χ1n) is 6.36. The molecule has 1 amide bonds. The SMILES string of the molecule is NC(=O)c1c(S(=O)(=O)N2CC[C@H](O)C2)nn2ccccc12. The Bertz CT molecular complexity index is 814. The number of aliphatic hydroxyl groups is 1. The zero-order chi connectivity index (χ0) is 15.2. The lowest BCUT2D eigenvalue weighted by molar-refractivity contribution is 0.0998. The molecular formula is C12H14N4O4S. The smallest absolute Gasteiger partial charge is 0.263 e. The number of amides is 1. The van der Waals surface area contributed by atoms with E-state index >= 15 is 0 Å². The molecule has 112 valence electrons. The summed E-state index contributed by atoms with van der Waals surface area (Å²) in [5, 5.41) is 13.1. The molecule has 2 aromatic rings. The second-order valence-corrected chi connectivity index (χ2v) is 6.73. The number of nitrogens with two attached hydrogens (primary N) is 1. The van der Waals surface area contributed by atoms with Crippen LogP contribution in [0.2, 0.25) is 0 Å². The van der Waals surface area contributed by atoms with E-state index in [1.807, 2.05) is 0 Å². The fourth-order valence-electron chi connectivity index (χ4n) is 2.44. The van der Waals surface area contributed by atoms with E-state index in [9.17, 15) is 18.3 Å². The van der Waals surface area contributed by atoms with Gasteiger partial charge in [-0.05, 0) is 18.6 Å². The summed E-state index contributed by atoms with van der Waals surface area (Å²) in [7, 11) is -3.97. The van der Waals surface area contributed by atoms with E-state index in [-0.39, 0.29) is 23.7 Å². The number of fused-ring (bicyclic) bond motifs is 1. The Balaban J connectivity index is 2.20. The molecule has 0 spiro atoms. The minimum absolute atomic E-state index is 0.00555. The number of aliphatic hydroxyl groups excluding tert-OH is 1. The van der Waals surface area contributed by atoms with Gasteiger partial charge in [-0.15, -0.1) is 0 Å². The molecule has 1 aliphatic rings. The van der Waals surface area contributed by atoms with E-state index < -0.39 is 22.0 Å². The lowest BCUT2D eigenvalue weighted by Crippen LogP contribution is -2.31. The van der Waals surface area contributed by atoms with Gasteiger partial charge >= 0.3 is 0 Å². The highest BCUT2D eigenvalue weighted by molar-refractivity contribution is 7.89. The molecule has 8 nitrogen and oxygen atoms in total. The maximum atomic E-state index is 12.6. The highest BCUT2D eigenvalue weighted by atomic mass is 32.2. The van der Waals surface area contributed by atoms with Crippen molar-refractivity contribution in [1.29, 1.82) is 0 Å². The molecule has 9 heteroatoms. The summed E-state index contributed by atoms with van der Waals surface area (Å²) in [6.45, 7) is 0.185. The highest BCUT2D eigenvalue weighted by Gasteiger charge is 2.37. The van der Waals surface area contributed by atoms with Crippen LogP contribution in [-0.2, 0) is 10.0 Å². The summed E-state index contributed by atoms with van der Waals surface area (Å²) in [5.74, 6) is -0.852. The third kappa shape index (κ3) is 2.19. The van der Waals surface area contributed by atoms with Crippen molar-refractivity contribution in [2.45, 2.75) is 17.6 Å². The van der Waals surface area contributed by atoms with Crippen LogP contribution in [0.25, 0.3) is 5.52 Å². The van der Waals surface area contributed by atoms with Crippen molar-refractivity contribution in [3.8, 4) is 0 Å². The van der Waals surface area contributed by atoms with Gasteiger partial charge in [0.05, 0.1) is 11.6 Å². The summed E-state index contributed by atoms with van der Waals surface area (Å²) in [5.41, 5.74) is 5.53. The monoisotopic (exact) mass is 310 g/mol. The molecule has 2 aromatic heterocycles. The Hall–Kier alpha value is -1.97. The average molecular weight is 310 g/mol. The van der Waals surface area contributed by atoms with Crippen LogP contribution in [0, 0.1) is 0 Å². The molecule has 1 fully saturated rings. The van der Waals surface area contributed by atoms with Gasteiger partial charge in [0.1, 0.15) is 5.56 Å². The molecule has 3 rings (SSSR count). The lowest BCUT2D eigenvalue weighted by Gasteiger charge is -2.14. The zero-order valence-electron chi connectivity index (χ0n) is 11.0. The highest BCUT2D eigenvalue weighted by Crippen LogP contribution is 2.25. The van der Waals surface area contributed by atoms with Crippen LogP contribution in [-0.4, -0.2) is 52.5 Å². The van der Waals surface area contributed by atoms with E-state index in [2.05, 4.69) is 5.10 Å². The maximum absolute atomic E-state index is 12.6. The van der Waals surface area contributed by atoms with Crippen molar-refractivity contribution in [3.05, 3.63) is 30.0 Å². The van der Waals surface area contributed by atoms with Crippen molar-refractivity contribution in [2.24, 2.45) is 5.73 Å². The quantitative estimate of drug-likeness (QED) is 0.768.